The van der Waals surface area contributed by atoms with Gasteiger partial charge in [0.25, 0.3) is 0 Å². The van der Waals surface area contributed by atoms with Gasteiger partial charge in [-0.2, -0.15) is 0 Å². The second-order valence-electron chi connectivity index (χ2n) is 3.31. The molecule has 0 saturated heterocycles. The van der Waals surface area contributed by atoms with Gasteiger partial charge in [0.15, 0.2) is 0 Å². The highest BCUT2D eigenvalue weighted by Gasteiger charge is 2.17. The van der Waals surface area contributed by atoms with Crippen LogP contribution in [0.3, 0.4) is 0 Å². The molecule has 0 unspecified atom stereocenters. The molecule has 1 heteroatoms. The van der Waals surface area contributed by atoms with E-state index in [0.717, 1.165) is 5.33 Å². The van der Waals surface area contributed by atoms with Crippen molar-refractivity contribution in [3.63, 3.8) is 0 Å². The molecule has 0 spiro atoms. The van der Waals surface area contributed by atoms with E-state index in [2.05, 4.69) is 36.7 Å². The van der Waals surface area contributed by atoms with Gasteiger partial charge in [-0.1, -0.05) is 49.5 Å². The molecular formula is C9H19Br. The predicted molar refractivity (Wildman–Crippen MR) is 51.7 cm³/mol. The largest absolute Gasteiger partial charge is 0.0928 e. The molecule has 0 bridgehead atoms. The molecule has 0 rings (SSSR count). The summed E-state index contributed by atoms with van der Waals surface area (Å²) in [5.74, 6) is 0. The zero-order valence-electron chi connectivity index (χ0n) is 7.41. The van der Waals surface area contributed by atoms with E-state index < -0.39 is 0 Å². The van der Waals surface area contributed by atoms with Crippen molar-refractivity contribution in [3.8, 4) is 0 Å². The minimum atomic E-state index is 0.605. The Morgan fingerprint density at radius 3 is 2.00 bits per heavy atom. The van der Waals surface area contributed by atoms with Crippen LogP contribution >= 0.6 is 15.9 Å². The number of alkyl halides is 1. The van der Waals surface area contributed by atoms with E-state index in [4.69, 9.17) is 0 Å². The summed E-state index contributed by atoms with van der Waals surface area (Å²) in [4.78, 5) is 0. The van der Waals surface area contributed by atoms with Crippen LogP contribution < -0.4 is 0 Å². The standard InChI is InChI=1S/C9H19Br/c1-4-9(3,5-2)7-6-8-10/h4-8H2,1-3H3. The van der Waals surface area contributed by atoms with E-state index in [1.54, 1.807) is 0 Å². The van der Waals surface area contributed by atoms with Crippen molar-refractivity contribution >= 4 is 15.9 Å². The van der Waals surface area contributed by atoms with Crippen LogP contribution in [0.2, 0.25) is 0 Å². The van der Waals surface area contributed by atoms with Gasteiger partial charge in [-0.3, -0.25) is 0 Å². The molecule has 0 aromatic rings. The average molecular weight is 207 g/mol. The summed E-state index contributed by atoms with van der Waals surface area (Å²) in [7, 11) is 0. The summed E-state index contributed by atoms with van der Waals surface area (Å²) in [5, 5.41) is 1.16. The normalized spacial score (nSPS) is 12.0. The fraction of sp³-hybridized carbons (Fsp3) is 1.00. The average Bonchev–Trinajstić information content (AvgIpc) is 2.00. The van der Waals surface area contributed by atoms with Crippen LogP contribution in [0.25, 0.3) is 0 Å². The summed E-state index contributed by atoms with van der Waals surface area (Å²) in [5.41, 5.74) is 0.605. The summed E-state index contributed by atoms with van der Waals surface area (Å²) >= 11 is 3.46. The molecule has 62 valence electrons. The van der Waals surface area contributed by atoms with E-state index >= 15 is 0 Å². The van der Waals surface area contributed by atoms with Crippen LogP contribution in [-0.2, 0) is 0 Å². The highest BCUT2D eigenvalue weighted by molar-refractivity contribution is 9.09. The second-order valence-corrected chi connectivity index (χ2v) is 4.10. The highest BCUT2D eigenvalue weighted by atomic mass is 79.9. The molecule has 0 atom stereocenters. The van der Waals surface area contributed by atoms with Crippen LogP contribution in [0.15, 0.2) is 0 Å². The topological polar surface area (TPSA) is 0 Å². The van der Waals surface area contributed by atoms with Crippen molar-refractivity contribution < 1.29 is 0 Å². The highest BCUT2D eigenvalue weighted by Crippen LogP contribution is 2.30. The van der Waals surface area contributed by atoms with Gasteiger partial charge >= 0.3 is 0 Å². The molecule has 10 heavy (non-hydrogen) atoms. The molecule has 0 saturated carbocycles. The molecule has 0 amide bonds. The number of rotatable bonds is 5. The number of hydrogen-bond donors (Lipinski definition) is 0. The second kappa shape index (κ2) is 5.17. The lowest BCUT2D eigenvalue weighted by Gasteiger charge is -2.25. The van der Waals surface area contributed by atoms with E-state index in [0.29, 0.717) is 5.41 Å². The zero-order valence-corrected chi connectivity index (χ0v) is 9.00. The van der Waals surface area contributed by atoms with Gasteiger partial charge in [0.2, 0.25) is 0 Å². The Balaban J connectivity index is 3.58. The number of halogens is 1. The van der Waals surface area contributed by atoms with Crippen molar-refractivity contribution in [1.29, 1.82) is 0 Å². The summed E-state index contributed by atoms with van der Waals surface area (Å²) < 4.78 is 0. The molecule has 0 aliphatic heterocycles. The Kier molecular flexibility index (Phi) is 5.42. The van der Waals surface area contributed by atoms with Crippen molar-refractivity contribution in [1.82, 2.24) is 0 Å². The third kappa shape index (κ3) is 3.60. The summed E-state index contributed by atoms with van der Waals surface area (Å²) in [6.07, 6.45) is 5.32. The van der Waals surface area contributed by atoms with Crippen molar-refractivity contribution in [3.05, 3.63) is 0 Å². The molecule has 0 aliphatic rings. The van der Waals surface area contributed by atoms with Gasteiger partial charge in [0.1, 0.15) is 0 Å². The Morgan fingerprint density at radius 2 is 1.70 bits per heavy atom. The Morgan fingerprint density at radius 1 is 1.20 bits per heavy atom. The van der Waals surface area contributed by atoms with Gasteiger partial charge in [-0.15, -0.1) is 0 Å². The molecule has 0 aromatic carbocycles. The molecule has 0 aromatic heterocycles. The molecule has 0 aliphatic carbocycles. The van der Waals surface area contributed by atoms with Crippen molar-refractivity contribution in [2.24, 2.45) is 5.41 Å². The van der Waals surface area contributed by atoms with Crippen molar-refractivity contribution in [2.75, 3.05) is 5.33 Å². The lowest BCUT2D eigenvalue weighted by Crippen LogP contribution is -2.13. The Bertz CT molecular complexity index is 74.8. The first kappa shape index (κ1) is 10.5. The maximum atomic E-state index is 3.46. The van der Waals surface area contributed by atoms with E-state index in [9.17, 15) is 0 Å². The maximum Gasteiger partial charge on any atom is 0.00315 e. The SMILES string of the molecule is CCC(C)(CC)CCCBr. The van der Waals surface area contributed by atoms with Crippen molar-refractivity contribution in [2.45, 2.75) is 46.5 Å². The van der Waals surface area contributed by atoms with E-state index in [1.807, 2.05) is 0 Å². The lowest BCUT2D eigenvalue weighted by molar-refractivity contribution is 0.271. The molecule has 0 nitrogen and oxygen atoms in total. The van der Waals surface area contributed by atoms with Gasteiger partial charge in [-0.05, 0) is 18.3 Å². The third-order valence-electron chi connectivity index (χ3n) is 2.62. The van der Waals surface area contributed by atoms with E-state index in [-0.39, 0.29) is 0 Å². The zero-order chi connectivity index (χ0) is 8.04. The molecule has 0 heterocycles. The van der Waals surface area contributed by atoms with Crippen LogP contribution in [0.1, 0.15) is 46.5 Å². The number of hydrogen-bond acceptors (Lipinski definition) is 0. The maximum absolute atomic E-state index is 3.46. The van der Waals surface area contributed by atoms with Gasteiger partial charge in [0.05, 0.1) is 0 Å². The monoisotopic (exact) mass is 206 g/mol. The smallest absolute Gasteiger partial charge is 0.00315 e. The first-order chi connectivity index (χ1) is 4.68. The fourth-order valence-corrected chi connectivity index (χ4v) is 1.38. The van der Waals surface area contributed by atoms with Gasteiger partial charge in [0, 0.05) is 5.33 Å². The minimum absolute atomic E-state index is 0.605. The molecule has 0 fully saturated rings. The van der Waals surface area contributed by atoms with Crippen LogP contribution in [-0.4, -0.2) is 5.33 Å². The van der Waals surface area contributed by atoms with Gasteiger partial charge in [-0.25, -0.2) is 0 Å². The summed E-state index contributed by atoms with van der Waals surface area (Å²) in [6, 6.07) is 0. The predicted octanol–water partition coefficient (Wildman–Crippen LogP) is 3.99. The molecule has 0 radical (unpaired) electrons. The van der Waals surface area contributed by atoms with E-state index in [1.165, 1.54) is 25.7 Å². The first-order valence-electron chi connectivity index (χ1n) is 4.24. The first-order valence-corrected chi connectivity index (χ1v) is 5.36. The van der Waals surface area contributed by atoms with Gasteiger partial charge < -0.3 is 0 Å². The Labute approximate surface area is 73.5 Å². The van der Waals surface area contributed by atoms with Crippen LogP contribution in [0, 0.1) is 5.41 Å². The van der Waals surface area contributed by atoms with Crippen LogP contribution in [0.4, 0.5) is 0 Å². The third-order valence-corrected chi connectivity index (χ3v) is 3.18. The van der Waals surface area contributed by atoms with Crippen LogP contribution in [0.5, 0.6) is 0 Å². The quantitative estimate of drug-likeness (QED) is 0.598. The fourth-order valence-electron chi connectivity index (χ4n) is 1.10. The minimum Gasteiger partial charge on any atom is -0.0928 e. The molecular weight excluding hydrogens is 188 g/mol. The molecule has 0 N–H and O–H groups in total. The summed E-state index contributed by atoms with van der Waals surface area (Å²) in [6.45, 7) is 6.96. The lowest BCUT2D eigenvalue weighted by atomic mass is 9.81. The Hall–Kier alpha value is 0.480.